The van der Waals surface area contributed by atoms with Crippen molar-refractivity contribution < 1.29 is 0 Å². The van der Waals surface area contributed by atoms with Crippen LogP contribution in [0.15, 0.2) is 47.5 Å². The molecule has 3 aromatic rings. The van der Waals surface area contributed by atoms with Crippen molar-refractivity contribution in [2.24, 2.45) is 7.05 Å². The number of allylic oxidation sites excluding steroid dienone is 1. The largest absolute Gasteiger partial charge is 0.342 e. The lowest BCUT2D eigenvalue weighted by Crippen LogP contribution is -1.90. The maximum atomic E-state index is 9.05. The van der Waals surface area contributed by atoms with E-state index in [1.54, 1.807) is 17.4 Å². The van der Waals surface area contributed by atoms with Gasteiger partial charge < -0.3 is 4.57 Å². The first-order valence-electron chi connectivity index (χ1n) is 6.37. The van der Waals surface area contributed by atoms with E-state index in [2.05, 4.69) is 15.5 Å². The highest BCUT2D eigenvalue weighted by Gasteiger charge is 2.16. The molecule has 0 saturated heterocycles. The van der Waals surface area contributed by atoms with Gasteiger partial charge in [-0.25, -0.2) is 10.1 Å². The van der Waals surface area contributed by atoms with E-state index in [-0.39, 0.29) is 5.70 Å². The highest BCUT2D eigenvalue weighted by molar-refractivity contribution is 7.13. The van der Waals surface area contributed by atoms with Gasteiger partial charge in [0.05, 0.1) is 23.2 Å². The Morgan fingerprint density at radius 2 is 2.14 bits per heavy atom. The molecule has 100 valence electrons. The Labute approximate surface area is 126 Å². The van der Waals surface area contributed by atoms with Crippen molar-refractivity contribution in [1.29, 1.82) is 5.26 Å². The Balaban J connectivity index is 2.42. The van der Waals surface area contributed by atoms with E-state index in [9.17, 15) is 0 Å². The second-order valence-corrected chi connectivity index (χ2v) is 5.52. The third-order valence-corrected chi connectivity index (χ3v) is 4.29. The number of nitriles is 1. The van der Waals surface area contributed by atoms with Gasteiger partial charge in [0.1, 0.15) is 0 Å². The lowest BCUT2D eigenvalue weighted by atomic mass is 10.1. The first kappa shape index (κ1) is 13.2. The van der Waals surface area contributed by atoms with Crippen LogP contribution in [-0.4, -0.2) is 4.57 Å². The summed E-state index contributed by atoms with van der Waals surface area (Å²) in [6, 6.07) is 14.1. The van der Waals surface area contributed by atoms with Gasteiger partial charge in [0.25, 0.3) is 5.70 Å². The molecule has 0 atom stereocenters. The summed E-state index contributed by atoms with van der Waals surface area (Å²) >= 11 is 1.65. The molecule has 0 aliphatic rings. The molecule has 0 amide bonds. The predicted molar refractivity (Wildman–Crippen MR) is 86.4 cm³/mol. The fourth-order valence-electron chi connectivity index (χ4n) is 2.51. The lowest BCUT2D eigenvalue weighted by Gasteiger charge is -2.03. The normalized spacial score (nSPS) is 11.3. The second kappa shape index (κ2) is 5.28. The fourth-order valence-corrected chi connectivity index (χ4v) is 3.33. The number of benzene rings is 1. The fraction of sp³-hybridized carbons (Fsp3) is 0.0588. The van der Waals surface area contributed by atoms with E-state index in [4.69, 9.17) is 11.8 Å². The summed E-state index contributed by atoms with van der Waals surface area (Å²) in [5.74, 6) is 0. The molecule has 3 nitrogen and oxygen atoms in total. The van der Waals surface area contributed by atoms with Gasteiger partial charge in [-0.3, -0.25) is 0 Å². The summed E-state index contributed by atoms with van der Waals surface area (Å²) in [5.41, 5.74) is 3.17. The Morgan fingerprint density at radius 1 is 1.33 bits per heavy atom. The minimum Gasteiger partial charge on any atom is -0.342 e. The van der Waals surface area contributed by atoms with Crippen molar-refractivity contribution in [3.63, 3.8) is 0 Å². The summed E-state index contributed by atoms with van der Waals surface area (Å²) in [4.78, 5) is 4.41. The minimum atomic E-state index is 0.101. The second-order valence-electron chi connectivity index (χ2n) is 4.57. The number of hydrogen-bond acceptors (Lipinski definition) is 2. The molecular weight excluding hydrogens is 278 g/mol. The predicted octanol–water partition coefficient (Wildman–Crippen LogP) is 4.69. The standard InChI is InChI=1S/C17H11N3S/c1-19-12(11-18)10-14-13-6-3-4-7-15(13)20(2)17(14)16-8-5-9-21-16/h3-10H,2H3/b12-10-. The molecule has 2 heterocycles. The number of aromatic nitrogens is 1. The van der Waals surface area contributed by atoms with E-state index < -0.39 is 0 Å². The van der Waals surface area contributed by atoms with Gasteiger partial charge in [-0.05, 0) is 29.2 Å². The molecule has 0 radical (unpaired) electrons. The molecule has 2 aromatic heterocycles. The maximum absolute atomic E-state index is 9.05. The van der Waals surface area contributed by atoms with Crippen LogP contribution in [-0.2, 0) is 7.05 Å². The molecule has 1 aromatic carbocycles. The molecular formula is C17H11N3S. The molecule has 21 heavy (non-hydrogen) atoms. The van der Waals surface area contributed by atoms with Crippen LogP contribution < -0.4 is 0 Å². The minimum absolute atomic E-state index is 0.101. The van der Waals surface area contributed by atoms with Crippen molar-refractivity contribution in [3.05, 3.63) is 64.5 Å². The van der Waals surface area contributed by atoms with Gasteiger partial charge in [0.2, 0.25) is 0 Å². The Bertz CT molecular complexity index is 899. The Morgan fingerprint density at radius 3 is 2.81 bits per heavy atom. The van der Waals surface area contributed by atoms with Crippen LogP contribution >= 0.6 is 11.3 Å². The molecule has 0 saturated carbocycles. The molecule has 0 bridgehead atoms. The van der Waals surface area contributed by atoms with E-state index in [0.29, 0.717) is 0 Å². The van der Waals surface area contributed by atoms with Crippen LogP contribution in [0.4, 0.5) is 0 Å². The van der Waals surface area contributed by atoms with Gasteiger partial charge in [-0.15, -0.1) is 11.3 Å². The molecule has 0 N–H and O–H groups in total. The van der Waals surface area contributed by atoms with Crippen LogP contribution in [0, 0.1) is 17.9 Å². The first-order valence-corrected chi connectivity index (χ1v) is 7.24. The van der Waals surface area contributed by atoms with Gasteiger partial charge >= 0.3 is 0 Å². The number of aryl methyl sites for hydroxylation is 1. The van der Waals surface area contributed by atoms with Gasteiger partial charge in [-0.2, -0.15) is 0 Å². The number of para-hydroxylation sites is 1. The van der Waals surface area contributed by atoms with Crippen LogP contribution in [0.5, 0.6) is 0 Å². The summed E-state index contributed by atoms with van der Waals surface area (Å²) < 4.78 is 2.12. The van der Waals surface area contributed by atoms with Crippen LogP contribution in [0.1, 0.15) is 5.56 Å². The quantitative estimate of drug-likeness (QED) is 0.497. The lowest BCUT2D eigenvalue weighted by molar-refractivity contribution is 0.980. The smallest absolute Gasteiger partial charge is 0.262 e. The Kier molecular flexibility index (Phi) is 3.31. The van der Waals surface area contributed by atoms with Gasteiger partial charge in [0, 0.05) is 18.0 Å². The summed E-state index contributed by atoms with van der Waals surface area (Å²) in [7, 11) is 2.01. The number of nitrogens with zero attached hydrogens (tertiary/aromatic N) is 3. The third-order valence-electron chi connectivity index (χ3n) is 3.42. The SMILES string of the molecule is [C-]#[N+]/C(C#N)=C\c1c(-c2cccs2)n(C)c2ccccc12. The van der Waals surface area contributed by atoms with Crippen LogP contribution in [0.3, 0.4) is 0 Å². The summed E-state index contributed by atoms with van der Waals surface area (Å²) in [5, 5.41) is 12.1. The number of rotatable bonds is 2. The Hall–Kier alpha value is -2.82. The number of hydrogen-bond donors (Lipinski definition) is 0. The van der Waals surface area contributed by atoms with E-state index in [0.717, 1.165) is 27.0 Å². The molecule has 0 unspecified atom stereocenters. The zero-order valence-corrected chi connectivity index (χ0v) is 12.2. The highest BCUT2D eigenvalue weighted by atomic mass is 32.1. The molecule has 3 rings (SSSR count). The molecule has 0 fully saturated rings. The molecule has 4 heteroatoms. The summed E-state index contributed by atoms with van der Waals surface area (Å²) in [6.07, 6.45) is 1.68. The van der Waals surface area contributed by atoms with E-state index in [1.165, 1.54) is 0 Å². The van der Waals surface area contributed by atoms with Crippen molar-refractivity contribution in [2.45, 2.75) is 0 Å². The number of thiophene rings is 1. The molecule has 0 aliphatic carbocycles. The van der Waals surface area contributed by atoms with Crippen molar-refractivity contribution in [3.8, 4) is 16.6 Å². The first-order chi connectivity index (χ1) is 10.3. The number of fused-ring (bicyclic) bond motifs is 1. The van der Waals surface area contributed by atoms with Crippen molar-refractivity contribution >= 4 is 28.3 Å². The van der Waals surface area contributed by atoms with Crippen LogP contribution in [0.2, 0.25) is 0 Å². The third kappa shape index (κ3) is 2.12. The average molecular weight is 289 g/mol. The molecule has 0 spiro atoms. The average Bonchev–Trinajstić information content (AvgIpc) is 3.12. The van der Waals surface area contributed by atoms with Crippen molar-refractivity contribution in [2.75, 3.05) is 0 Å². The van der Waals surface area contributed by atoms with Gasteiger partial charge in [-0.1, -0.05) is 24.3 Å². The zero-order chi connectivity index (χ0) is 14.8. The van der Waals surface area contributed by atoms with E-state index >= 15 is 0 Å². The summed E-state index contributed by atoms with van der Waals surface area (Å²) in [6.45, 7) is 7.10. The van der Waals surface area contributed by atoms with E-state index in [1.807, 2.05) is 48.8 Å². The maximum Gasteiger partial charge on any atom is 0.262 e. The van der Waals surface area contributed by atoms with Gasteiger partial charge in [0.15, 0.2) is 0 Å². The monoisotopic (exact) mass is 289 g/mol. The highest BCUT2D eigenvalue weighted by Crippen LogP contribution is 2.36. The van der Waals surface area contributed by atoms with Crippen LogP contribution in [0.25, 0.3) is 32.4 Å². The topological polar surface area (TPSA) is 33.1 Å². The zero-order valence-electron chi connectivity index (χ0n) is 11.4. The molecule has 0 aliphatic heterocycles. The van der Waals surface area contributed by atoms with Crippen molar-refractivity contribution in [1.82, 2.24) is 4.57 Å².